The van der Waals surface area contributed by atoms with Crippen molar-refractivity contribution in [3.8, 4) is 11.1 Å². The molecule has 2 rings (SSSR count). The van der Waals surface area contributed by atoms with E-state index in [0.29, 0.717) is 10.0 Å². The lowest BCUT2D eigenvalue weighted by Gasteiger charge is -2.12. The van der Waals surface area contributed by atoms with E-state index in [4.69, 9.17) is 23.2 Å². The minimum Gasteiger partial charge on any atom is -0.478 e. The molecule has 0 aliphatic rings. The fourth-order valence-electron chi connectivity index (χ4n) is 2.08. The molecule has 0 aliphatic carbocycles. The SMILES string of the molecule is Cc1cc(C)c(-c2ccc(Cl)cc2Cl)cc1C(=O)O. The van der Waals surface area contributed by atoms with Crippen LogP contribution < -0.4 is 0 Å². The van der Waals surface area contributed by atoms with Crippen LogP contribution in [0.1, 0.15) is 21.5 Å². The summed E-state index contributed by atoms with van der Waals surface area (Å²) in [6.07, 6.45) is 0. The van der Waals surface area contributed by atoms with Gasteiger partial charge in [-0.05, 0) is 48.7 Å². The predicted molar refractivity (Wildman–Crippen MR) is 78.3 cm³/mol. The first-order chi connectivity index (χ1) is 8.90. The van der Waals surface area contributed by atoms with Gasteiger partial charge in [0, 0.05) is 15.6 Å². The highest BCUT2D eigenvalue weighted by molar-refractivity contribution is 6.36. The number of carboxylic acid groups (broad SMARTS) is 1. The molecule has 2 aromatic carbocycles. The molecule has 1 N–H and O–H groups in total. The van der Waals surface area contributed by atoms with Gasteiger partial charge in [-0.1, -0.05) is 35.3 Å². The van der Waals surface area contributed by atoms with Gasteiger partial charge in [-0.15, -0.1) is 0 Å². The fraction of sp³-hybridized carbons (Fsp3) is 0.133. The number of benzene rings is 2. The Morgan fingerprint density at radius 3 is 2.26 bits per heavy atom. The van der Waals surface area contributed by atoms with Gasteiger partial charge < -0.3 is 5.11 Å². The molecule has 0 spiro atoms. The Labute approximate surface area is 121 Å². The largest absolute Gasteiger partial charge is 0.478 e. The summed E-state index contributed by atoms with van der Waals surface area (Å²) >= 11 is 12.0. The second-order valence-electron chi connectivity index (χ2n) is 4.41. The predicted octanol–water partition coefficient (Wildman–Crippen LogP) is 4.98. The van der Waals surface area contributed by atoms with Crippen molar-refractivity contribution in [1.82, 2.24) is 0 Å². The van der Waals surface area contributed by atoms with Gasteiger partial charge in [0.2, 0.25) is 0 Å². The van der Waals surface area contributed by atoms with Gasteiger partial charge in [-0.2, -0.15) is 0 Å². The molecule has 4 heteroatoms. The normalized spacial score (nSPS) is 10.5. The number of halogens is 2. The Balaban J connectivity index is 2.68. The average Bonchev–Trinajstić information content (AvgIpc) is 2.30. The molecule has 0 radical (unpaired) electrons. The van der Waals surface area contributed by atoms with Crippen LogP contribution in [-0.4, -0.2) is 11.1 Å². The number of hydrogen-bond donors (Lipinski definition) is 1. The summed E-state index contributed by atoms with van der Waals surface area (Å²) in [4.78, 5) is 11.2. The topological polar surface area (TPSA) is 37.3 Å². The third kappa shape index (κ3) is 2.75. The third-order valence-corrected chi connectivity index (χ3v) is 3.57. The summed E-state index contributed by atoms with van der Waals surface area (Å²) in [5, 5.41) is 10.2. The molecule has 98 valence electrons. The zero-order chi connectivity index (χ0) is 14.2. The van der Waals surface area contributed by atoms with Crippen molar-refractivity contribution in [3.05, 3.63) is 57.1 Å². The summed E-state index contributed by atoms with van der Waals surface area (Å²) in [5.41, 5.74) is 3.59. The van der Waals surface area contributed by atoms with Gasteiger partial charge >= 0.3 is 5.97 Å². The first-order valence-corrected chi connectivity index (χ1v) is 6.45. The van der Waals surface area contributed by atoms with Crippen LogP contribution >= 0.6 is 23.2 Å². The molecule has 0 unspecified atom stereocenters. The molecular weight excluding hydrogens is 283 g/mol. The highest BCUT2D eigenvalue weighted by Gasteiger charge is 2.13. The summed E-state index contributed by atoms with van der Waals surface area (Å²) in [6, 6.07) is 8.69. The van der Waals surface area contributed by atoms with Gasteiger partial charge in [-0.25, -0.2) is 4.79 Å². The van der Waals surface area contributed by atoms with Crippen molar-refractivity contribution in [2.75, 3.05) is 0 Å². The molecule has 0 atom stereocenters. The van der Waals surface area contributed by atoms with Crippen molar-refractivity contribution < 1.29 is 9.90 Å². The van der Waals surface area contributed by atoms with Gasteiger partial charge in [0.15, 0.2) is 0 Å². The Bertz CT molecular complexity index is 663. The zero-order valence-corrected chi connectivity index (χ0v) is 12.0. The van der Waals surface area contributed by atoms with Gasteiger partial charge in [0.25, 0.3) is 0 Å². The zero-order valence-electron chi connectivity index (χ0n) is 10.5. The van der Waals surface area contributed by atoms with E-state index in [1.165, 1.54) is 0 Å². The number of aromatic carboxylic acids is 1. The van der Waals surface area contributed by atoms with Gasteiger partial charge in [-0.3, -0.25) is 0 Å². The lowest BCUT2D eigenvalue weighted by molar-refractivity contribution is 0.0696. The Hall–Kier alpha value is -1.51. The summed E-state index contributed by atoms with van der Waals surface area (Å²) in [6.45, 7) is 3.71. The number of aryl methyl sites for hydroxylation is 2. The molecule has 0 saturated carbocycles. The molecule has 0 heterocycles. The Morgan fingerprint density at radius 1 is 1.00 bits per heavy atom. The van der Waals surface area contributed by atoms with Crippen LogP contribution in [0.2, 0.25) is 10.0 Å². The quantitative estimate of drug-likeness (QED) is 0.848. The van der Waals surface area contributed by atoms with Crippen LogP contribution in [0.25, 0.3) is 11.1 Å². The molecule has 19 heavy (non-hydrogen) atoms. The van der Waals surface area contributed by atoms with E-state index in [2.05, 4.69) is 0 Å². The summed E-state index contributed by atoms with van der Waals surface area (Å²) in [5.74, 6) is -0.941. The second kappa shape index (κ2) is 5.24. The maximum absolute atomic E-state index is 11.2. The van der Waals surface area contributed by atoms with Crippen molar-refractivity contribution in [1.29, 1.82) is 0 Å². The highest BCUT2D eigenvalue weighted by Crippen LogP contribution is 2.33. The van der Waals surface area contributed by atoms with Gasteiger partial charge in [0.1, 0.15) is 0 Å². The lowest BCUT2D eigenvalue weighted by Crippen LogP contribution is -2.01. The molecule has 0 fully saturated rings. The second-order valence-corrected chi connectivity index (χ2v) is 5.26. The van der Waals surface area contributed by atoms with Crippen molar-refractivity contribution in [2.45, 2.75) is 13.8 Å². The van der Waals surface area contributed by atoms with Crippen LogP contribution in [-0.2, 0) is 0 Å². The number of rotatable bonds is 2. The van der Waals surface area contributed by atoms with Crippen LogP contribution in [0, 0.1) is 13.8 Å². The van der Waals surface area contributed by atoms with E-state index in [1.54, 1.807) is 31.2 Å². The maximum atomic E-state index is 11.2. The Kier molecular flexibility index (Phi) is 3.83. The van der Waals surface area contributed by atoms with E-state index in [1.807, 2.05) is 13.0 Å². The Morgan fingerprint density at radius 2 is 1.68 bits per heavy atom. The maximum Gasteiger partial charge on any atom is 0.335 e. The number of carbonyl (C=O) groups is 1. The van der Waals surface area contributed by atoms with E-state index in [9.17, 15) is 9.90 Å². The standard InChI is InChI=1S/C15H12Cl2O2/c1-8-5-9(2)13(15(18)19)7-12(8)11-4-3-10(16)6-14(11)17/h3-7H,1-2H3,(H,18,19). The molecule has 0 aromatic heterocycles. The van der Waals surface area contributed by atoms with E-state index < -0.39 is 5.97 Å². The smallest absolute Gasteiger partial charge is 0.335 e. The molecule has 0 saturated heterocycles. The molecular formula is C15H12Cl2O2. The minimum absolute atomic E-state index is 0.284. The molecule has 0 bridgehead atoms. The highest BCUT2D eigenvalue weighted by atomic mass is 35.5. The monoisotopic (exact) mass is 294 g/mol. The molecule has 0 amide bonds. The number of carboxylic acids is 1. The number of hydrogen-bond acceptors (Lipinski definition) is 1. The first-order valence-electron chi connectivity index (χ1n) is 5.70. The van der Waals surface area contributed by atoms with E-state index in [0.717, 1.165) is 22.3 Å². The molecule has 0 aliphatic heterocycles. The van der Waals surface area contributed by atoms with E-state index in [-0.39, 0.29) is 5.56 Å². The van der Waals surface area contributed by atoms with Crippen LogP contribution in [0.15, 0.2) is 30.3 Å². The fourth-order valence-corrected chi connectivity index (χ4v) is 2.59. The van der Waals surface area contributed by atoms with E-state index >= 15 is 0 Å². The van der Waals surface area contributed by atoms with Crippen molar-refractivity contribution in [3.63, 3.8) is 0 Å². The first kappa shape index (κ1) is 13.9. The van der Waals surface area contributed by atoms with Crippen LogP contribution in [0.3, 0.4) is 0 Å². The lowest BCUT2D eigenvalue weighted by atomic mass is 9.95. The van der Waals surface area contributed by atoms with Crippen molar-refractivity contribution >= 4 is 29.2 Å². The van der Waals surface area contributed by atoms with Crippen molar-refractivity contribution in [2.24, 2.45) is 0 Å². The average molecular weight is 295 g/mol. The van der Waals surface area contributed by atoms with Gasteiger partial charge in [0.05, 0.1) is 5.56 Å². The molecule has 2 nitrogen and oxygen atoms in total. The van der Waals surface area contributed by atoms with Crippen LogP contribution in [0.5, 0.6) is 0 Å². The summed E-state index contributed by atoms with van der Waals surface area (Å²) < 4.78 is 0. The summed E-state index contributed by atoms with van der Waals surface area (Å²) in [7, 11) is 0. The third-order valence-electron chi connectivity index (χ3n) is 3.02. The minimum atomic E-state index is -0.941. The molecule has 2 aromatic rings. The van der Waals surface area contributed by atoms with Crippen LogP contribution in [0.4, 0.5) is 0 Å².